The molecule has 2 aromatic heterocycles. The van der Waals surface area contributed by atoms with Crippen LogP contribution in [0.2, 0.25) is 0 Å². The monoisotopic (exact) mass is 836 g/mol. The van der Waals surface area contributed by atoms with E-state index in [1.165, 1.54) is 87.3 Å². The second-order valence-corrected chi connectivity index (χ2v) is 18.5. The number of hydrogen-bond acceptors (Lipinski definition) is 2. The zero-order valence-corrected chi connectivity index (χ0v) is 36.7. The van der Waals surface area contributed by atoms with Gasteiger partial charge in [0, 0.05) is 38.7 Å². The first-order valence-corrected chi connectivity index (χ1v) is 23.4. The van der Waals surface area contributed by atoms with E-state index in [0.29, 0.717) is 0 Å². The fourth-order valence-corrected chi connectivity index (χ4v) is 11.8. The third-order valence-electron chi connectivity index (χ3n) is 14.9. The molecule has 3 heteroatoms. The SMILES string of the molecule is CCC1C(c2cccc3ccccc23)=NC(c2cc3ccccc3c3ccccc23)C(C)CCC1c1cc(-n2c3ccccc3c3cc4ccccc4cc32)c2oc3ccccc3c2c1. The Kier molecular flexibility index (Phi) is 8.81. The van der Waals surface area contributed by atoms with Crippen LogP contribution in [0.3, 0.4) is 0 Å². The summed E-state index contributed by atoms with van der Waals surface area (Å²) in [6, 6.07) is 71.9. The number of para-hydroxylation sites is 2. The Morgan fingerprint density at radius 1 is 0.508 bits per heavy atom. The van der Waals surface area contributed by atoms with Gasteiger partial charge in [0.15, 0.2) is 5.58 Å². The lowest BCUT2D eigenvalue weighted by atomic mass is 9.72. The molecule has 312 valence electrons. The van der Waals surface area contributed by atoms with Gasteiger partial charge < -0.3 is 8.98 Å². The van der Waals surface area contributed by atoms with E-state index in [1.54, 1.807) is 0 Å². The van der Waals surface area contributed by atoms with Gasteiger partial charge in [0.05, 0.1) is 22.8 Å². The van der Waals surface area contributed by atoms with E-state index in [4.69, 9.17) is 9.41 Å². The minimum Gasteiger partial charge on any atom is -0.454 e. The average molecular weight is 837 g/mol. The summed E-state index contributed by atoms with van der Waals surface area (Å²) in [7, 11) is 0. The number of furan rings is 1. The molecule has 0 aliphatic carbocycles. The summed E-state index contributed by atoms with van der Waals surface area (Å²) in [4.78, 5) is 6.17. The number of fused-ring (bicyclic) bond motifs is 11. The lowest BCUT2D eigenvalue weighted by molar-refractivity contribution is 0.363. The first-order valence-electron chi connectivity index (χ1n) is 23.4. The highest BCUT2D eigenvalue weighted by Gasteiger charge is 2.35. The molecule has 0 bridgehead atoms. The van der Waals surface area contributed by atoms with Crippen molar-refractivity contribution in [3.05, 3.63) is 211 Å². The van der Waals surface area contributed by atoms with Crippen molar-refractivity contribution in [3.63, 3.8) is 0 Å². The highest BCUT2D eigenvalue weighted by molar-refractivity contribution is 6.17. The lowest BCUT2D eigenvalue weighted by Gasteiger charge is -2.35. The van der Waals surface area contributed by atoms with Crippen molar-refractivity contribution >= 4 is 92.5 Å². The summed E-state index contributed by atoms with van der Waals surface area (Å²) in [6.45, 7) is 4.83. The molecule has 3 nitrogen and oxygen atoms in total. The first-order chi connectivity index (χ1) is 32.1. The molecule has 3 heterocycles. The maximum atomic E-state index is 6.97. The molecule has 0 spiro atoms. The molecule has 4 unspecified atom stereocenters. The Morgan fingerprint density at radius 3 is 1.97 bits per heavy atom. The number of aromatic nitrogens is 1. The van der Waals surface area contributed by atoms with Gasteiger partial charge in [-0.1, -0.05) is 166 Å². The molecule has 65 heavy (non-hydrogen) atoms. The van der Waals surface area contributed by atoms with E-state index < -0.39 is 0 Å². The summed E-state index contributed by atoms with van der Waals surface area (Å²) in [5.74, 6) is 0.627. The summed E-state index contributed by atoms with van der Waals surface area (Å²) in [5, 5.41) is 14.9. The molecule has 0 saturated carbocycles. The van der Waals surface area contributed by atoms with Crippen LogP contribution in [0.1, 0.15) is 61.8 Å². The van der Waals surface area contributed by atoms with E-state index >= 15 is 0 Å². The Balaban J connectivity index is 1.08. The molecule has 4 atom stereocenters. The van der Waals surface area contributed by atoms with Crippen molar-refractivity contribution < 1.29 is 4.42 Å². The molecule has 0 saturated heterocycles. The third kappa shape index (κ3) is 5.98. The van der Waals surface area contributed by atoms with Crippen molar-refractivity contribution in [1.29, 1.82) is 0 Å². The summed E-state index contributed by atoms with van der Waals surface area (Å²) >= 11 is 0. The van der Waals surface area contributed by atoms with Crippen LogP contribution in [0.25, 0.3) is 92.5 Å². The Bertz CT molecular complexity index is 3880. The van der Waals surface area contributed by atoms with Crippen molar-refractivity contribution in [2.24, 2.45) is 16.8 Å². The fourth-order valence-electron chi connectivity index (χ4n) is 11.8. The maximum absolute atomic E-state index is 6.97. The Labute approximate surface area is 378 Å². The summed E-state index contributed by atoms with van der Waals surface area (Å²) < 4.78 is 9.46. The second-order valence-electron chi connectivity index (χ2n) is 18.5. The minimum atomic E-state index is -0.0169. The van der Waals surface area contributed by atoms with Gasteiger partial charge in [-0.25, -0.2) is 0 Å². The highest BCUT2D eigenvalue weighted by atomic mass is 16.3. The maximum Gasteiger partial charge on any atom is 0.159 e. The Morgan fingerprint density at radius 2 is 1.15 bits per heavy atom. The molecule has 0 fully saturated rings. The van der Waals surface area contributed by atoms with Crippen LogP contribution in [0.4, 0.5) is 0 Å². The van der Waals surface area contributed by atoms with Gasteiger partial charge >= 0.3 is 0 Å². The molecule has 0 amide bonds. The van der Waals surface area contributed by atoms with Gasteiger partial charge in [-0.3, -0.25) is 4.99 Å². The van der Waals surface area contributed by atoms with Gasteiger partial charge in [-0.2, -0.15) is 0 Å². The average Bonchev–Trinajstić information content (AvgIpc) is 3.89. The van der Waals surface area contributed by atoms with Crippen LogP contribution in [-0.2, 0) is 0 Å². The fraction of sp³-hybridized carbons (Fsp3) is 0.145. The number of aliphatic imine (C=N–C) groups is 1. The van der Waals surface area contributed by atoms with Crippen LogP contribution in [0.15, 0.2) is 204 Å². The lowest BCUT2D eigenvalue weighted by Crippen LogP contribution is -2.28. The van der Waals surface area contributed by atoms with Crippen LogP contribution >= 0.6 is 0 Å². The quantitative estimate of drug-likeness (QED) is 0.159. The van der Waals surface area contributed by atoms with Crippen molar-refractivity contribution in [3.8, 4) is 5.69 Å². The molecule has 12 aromatic rings. The summed E-state index contributed by atoms with van der Waals surface area (Å²) in [6.07, 6.45) is 3.03. The minimum absolute atomic E-state index is 0.0169. The van der Waals surface area contributed by atoms with Gasteiger partial charge in [0.2, 0.25) is 0 Å². The molecule has 1 aliphatic heterocycles. The number of nitrogens with zero attached hydrogens (tertiary/aromatic N) is 2. The van der Waals surface area contributed by atoms with Gasteiger partial charge in [0.1, 0.15) is 5.58 Å². The predicted octanol–water partition coefficient (Wildman–Crippen LogP) is 17.1. The predicted molar refractivity (Wildman–Crippen MR) is 275 cm³/mol. The normalized spacial score (nSPS) is 18.3. The third-order valence-corrected chi connectivity index (χ3v) is 14.9. The molecule has 0 radical (unpaired) electrons. The van der Waals surface area contributed by atoms with Crippen molar-refractivity contribution in [1.82, 2.24) is 4.57 Å². The topological polar surface area (TPSA) is 30.4 Å². The van der Waals surface area contributed by atoms with E-state index in [9.17, 15) is 0 Å². The van der Waals surface area contributed by atoms with Crippen molar-refractivity contribution in [2.45, 2.75) is 45.1 Å². The molecule has 13 rings (SSSR count). The van der Waals surface area contributed by atoms with E-state index in [0.717, 1.165) is 46.9 Å². The van der Waals surface area contributed by atoms with Crippen molar-refractivity contribution in [2.75, 3.05) is 0 Å². The largest absolute Gasteiger partial charge is 0.454 e. The standard InChI is InChI=1S/C62H48N2O/c1-3-44-47(32-31-38(2)60(63-61(44)52-28-16-21-39-17-6-8-22-45(39)52)54-34-42-20-7-9-23-46(42)48-24-10-11-25-49(48)54)43-35-55-51-27-13-15-30-59(51)65-62(55)58(37-43)64-56-29-14-12-26-50(56)53-33-40-18-4-5-19-41(40)36-57(53)64/h4-30,33-38,44,47,60H,3,31-32H2,1-2H3. The first kappa shape index (κ1) is 38.0. The Hall–Kier alpha value is -7.49. The molecular weight excluding hydrogens is 789 g/mol. The van der Waals surface area contributed by atoms with E-state index in [2.05, 4.69) is 213 Å². The van der Waals surface area contributed by atoms with E-state index in [1.807, 2.05) is 0 Å². The van der Waals surface area contributed by atoms with Crippen LogP contribution in [0.5, 0.6) is 0 Å². The highest BCUT2D eigenvalue weighted by Crippen LogP contribution is 2.48. The van der Waals surface area contributed by atoms with Gasteiger partial charge in [-0.15, -0.1) is 0 Å². The zero-order valence-electron chi connectivity index (χ0n) is 36.7. The zero-order chi connectivity index (χ0) is 43.2. The summed E-state index contributed by atoms with van der Waals surface area (Å²) in [5.41, 5.74) is 10.4. The number of benzene rings is 10. The smallest absolute Gasteiger partial charge is 0.159 e. The van der Waals surface area contributed by atoms with Crippen LogP contribution in [-0.4, -0.2) is 10.3 Å². The second kappa shape index (κ2) is 15.1. The molecule has 10 aromatic carbocycles. The number of hydrogen-bond donors (Lipinski definition) is 0. The van der Waals surface area contributed by atoms with Crippen LogP contribution in [0, 0.1) is 11.8 Å². The molecule has 0 N–H and O–H groups in total. The van der Waals surface area contributed by atoms with Gasteiger partial charge in [0.25, 0.3) is 0 Å². The van der Waals surface area contributed by atoms with Gasteiger partial charge in [-0.05, 0) is 128 Å². The molecule has 1 aliphatic rings. The molecular formula is C62H48N2O. The number of rotatable bonds is 5. The van der Waals surface area contributed by atoms with E-state index in [-0.39, 0.29) is 23.8 Å². The van der Waals surface area contributed by atoms with Crippen LogP contribution < -0.4 is 0 Å².